The van der Waals surface area contributed by atoms with Crippen molar-refractivity contribution >= 4 is 11.8 Å². The number of aromatic nitrogens is 2. The molecule has 7 heteroatoms. The van der Waals surface area contributed by atoms with Crippen molar-refractivity contribution in [1.82, 2.24) is 20.8 Å². The average molecular weight is 317 g/mol. The largest absolute Gasteiger partial charge is 0.363 e. The minimum Gasteiger partial charge on any atom is -0.363 e. The van der Waals surface area contributed by atoms with Crippen molar-refractivity contribution in [2.45, 2.75) is 32.9 Å². The number of rotatable bonds is 6. The first kappa shape index (κ1) is 16.8. The summed E-state index contributed by atoms with van der Waals surface area (Å²) in [4.78, 5) is 18.2. The van der Waals surface area contributed by atoms with Crippen molar-refractivity contribution < 1.29 is 9.32 Å². The molecule has 0 saturated heterocycles. The quantitative estimate of drug-likeness (QED) is 0.854. The molecule has 0 atom stereocenters. The third-order valence-corrected chi connectivity index (χ3v) is 3.27. The summed E-state index contributed by atoms with van der Waals surface area (Å²) in [5, 5.41) is 9.46. The summed E-state index contributed by atoms with van der Waals surface area (Å²) in [6.45, 7) is 4.74. The van der Waals surface area contributed by atoms with Gasteiger partial charge in [-0.2, -0.15) is 0 Å². The van der Waals surface area contributed by atoms with Gasteiger partial charge in [-0.1, -0.05) is 25.1 Å². The van der Waals surface area contributed by atoms with Gasteiger partial charge in [0.1, 0.15) is 5.82 Å². The zero-order valence-electron chi connectivity index (χ0n) is 14.0. The summed E-state index contributed by atoms with van der Waals surface area (Å²) < 4.78 is 5.17. The lowest BCUT2D eigenvalue weighted by molar-refractivity contribution is 0.238. The van der Waals surface area contributed by atoms with Gasteiger partial charge in [-0.3, -0.25) is 0 Å². The molecular weight excluding hydrogens is 294 g/mol. The molecule has 23 heavy (non-hydrogen) atoms. The Balaban J connectivity index is 1.79. The minimum atomic E-state index is -0.274. The molecular formula is C16H23N5O2. The van der Waals surface area contributed by atoms with Crippen molar-refractivity contribution in [3.63, 3.8) is 0 Å². The third-order valence-electron chi connectivity index (χ3n) is 3.27. The van der Waals surface area contributed by atoms with Crippen LogP contribution in [0.4, 0.5) is 10.6 Å². The van der Waals surface area contributed by atoms with Crippen molar-refractivity contribution in [3.05, 3.63) is 41.4 Å². The first-order valence-corrected chi connectivity index (χ1v) is 7.56. The van der Waals surface area contributed by atoms with Crippen molar-refractivity contribution in [3.8, 4) is 0 Å². The minimum absolute atomic E-state index is 0.274. The Kier molecular flexibility index (Phi) is 5.56. The number of anilines is 1. The van der Waals surface area contributed by atoms with Gasteiger partial charge < -0.3 is 20.1 Å². The molecule has 124 valence electrons. The Bertz CT molecular complexity index is 651. The van der Waals surface area contributed by atoms with E-state index in [1.54, 1.807) is 0 Å². The fraction of sp³-hybridized carbons (Fsp3) is 0.438. The molecule has 2 heterocycles. The Labute approximate surface area is 136 Å². The van der Waals surface area contributed by atoms with Gasteiger partial charge in [-0.25, -0.2) is 9.78 Å². The molecule has 0 fully saturated rings. The summed E-state index contributed by atoms with van der Waals surface area (Å²) in [6.07, 6.45) is 0. The zero-order chi connectivity index (χ0) is 16.8. The van der Waals surface area contributed by atoms with E-state index < -0.39 is 0 Å². The normalized spacial score (nSPS) is 10.7. The van der Waals surface area contributed by atoms with Crippen LogP contribution >= 0.6 is 0 Å². The molecule has 2 amide bonds. The van der Waals surface area contributed by atoms with Crippen LogP contribution in [-0.4, -0.2) is 30.3 Å². The SMILES string of the molecule is CC(C)c1cc(CNC(=O)NCc2cccc(N(C)C)n2)on1. The Morgan fingerprint density at radius 2 is 2.00 bits per heavy atom. The third kappa shape index (κ3) is 4.98. The van der Waals surface area contributed by atoms with E-state index in [9.17, 15) is 4.79 Å². The molecule has 0 aliphatic rings. The number of nitrogens with one attached hydrogen (secondary N) is 2. The number of amides is 2. The molecule has 0 radical (unpaired) electrons. The predicted octanol–water partition coefficient (Wildman–Crippen LogP) is 2.26. The maximum atomic E-state index is 11.8. The van der Waals surface area contributed by atoms with E-state index in [2.05, 4.69) is 20.8 Å². The van der Waals surface area contributed by atoms with Gasteiger partial charge in [-0.15, -0.1) is 0 Å². The maximum absolute atomic E-state index is 11.8. The molecule has 0 aliphatic carbocycles. The van der Waals surface area contributed by atoms with E-state index in [4.69, 9.17) is 4.52 Å². The second-order valence-electron chi connectivity index (χ2n) is 5.79. The van der Waals surface area contributed by atoms with Crippen LogP contribution in [0.5, 0.6) is 0 Å². The summed E-state index contributed by atoms with van der Waals surface area (Å²) in [7, 11) is 3.85. The molecule has 2 rings (SSSR count). The molecule has 7 nitrogen and oxygen atoms in total. The summed E-state index contributed by atoms with van der Waals surface area (Å²) >= 11 is 0. The van der Waals surface area contributed by atoms with Crippen LogP contribution < -0.4 is 15.5 Å². The highest BCUT2D eigenvalue weighted by molar-refractivity contribution is 5.73. The highest BCUT2D eigenvalue weighted by Crippen LogP contribution is 2.13. The van der Waals surface area contributed by atoms with Gasteiger partial charge >= 0.3 is 6.03 Å². The molecule has 0 saturated carbocycles. The van der Waals surface area contributed by atoms with Gasteiger partial charge in [0.15, 0.2) is 5.76 Å². The predicted molar refractivity (Wildman–Crippen MR) is 88.2 cm³/mol. The lowest BCUT2D eigenvalue weighted by atomic mass is 10.1. The van der Waals surface area contributed by atoms with Crippen LogP contribution in [0.3, 0.4) is 0 Å². The summed E-state index contributed by atoms with van der Waals surface area (Å²) in [5.41, 5.74) is 1.68. The van der Waals surface area contributed by atoms with Crippen molar-refractivity contribution in [2.24, 2.45) is 0 Å². The fourth-order valence-electron chi connectivity index (χ4n) is 1.90. The van der Waals surface area contributed by atoms with Crippen molar-refractivity contribution in [1.29, 1.82) is 0 Å². The van der Waals surface area contributed by atoms with Crippen LogP contribution in [0.2, 0.25) is 0 Å². The van der Waals surface area contributed by atoms with Crippen LogP contribution in [-0.2, 0) is 13.1 Å². The van der Waals surface area contributed by atoms with Crippen LogP contribution in [0, 0.1) is 0 Å². The first-order valence-electron chi connectivity index (χ1n) is 7.56. The second kappa shape index (κ2) is 7.62. The van der Waals surface area contributed by atoms with E-state index in [0.29, 0.717) is 24.8 Å². The average Bonchev–Trinajstić information content (AvgIpc) is 3.00. The van der Waals surface area contributed by atoms with Gasteiger partial charge in [0.25, 0.3) is 0 Å². The van der Waals surface area contributed by atoms with Crippen molar-refractivity contribution in [2.75, 3.05) is 19.0 Å². The zero-order valence-corrected chi connectivity index (χ0v) is 14.0. The number of carbonyl (C=O) groups excluding carboxylic acids is 1. The van der Waals surface area contributed by atoms with E-state index in [-0.39, 0.29) is 6.03 Å². The first-order chi connectivity index (χ1) is 11.0. The van der Waals surface area contributed by atoms with Crippen LogP contribution in [0.1, 0.15) is 36.9 Å². The van der Waals surface area contributed by atoms with Gasteiger partial charge in [0.05, 0.1) is 24.5 Å². The number of hydrogen-bond acceptors (Lipinski definition) is 5. The Hall–Kier alpha value is -2.57. The van der Waals surface area contributed by atoms with E-state index in [1.165, 1.54) is 0 Å². The smallest absolute Gasteiger partial charge is 0.315 e. The maximum Gasteiger partial charge on any atom is 0.315 e. The molecule has 2 aromatic rings. The molecule has 0 spiro atoms. The van der Waals surface area contributed by atoms with E-state index in [0.717, 1.165) is 17.2 Å². The molecule has 0 aromatic carbocycles. The molecule has 0 aliphatic heterocycles. The molecule has 2 N–H and O–H groups in total. The monoisotopic (exact) mass is 317 g/mol. The Morgan fingerprint density at radius 1 is 1.26 bits per heavy atom. The standard InChI is InChI=1S/C16H23N5O2/c1-11(2)14-8-13(23-20-14)10-18-16(22)17-9-12-6-5-7-15(19-12)21(3)4/h5-8,11H,9-10H2,1-4H3,(H2,17,18,22). The fourth-order valence-corrected chi connectivity index (χ4v) is 1.90. The number of carbonyl (C=O) groups is 1. The van der Waals surface area contributed by atoms with Crippen LogP contribution in [0.25, 0.3) is 0 Å². The topological polar surface area (TPSA) is 83.3 Å². The van der Waals surface area contributed by atoms with Gasteiger partial charge in [0.2, 0.25) is 0 Å². The lowest BCUT2D eigenvalue weighted by Gasteiger charge is -2.12. The lowest BCUT2D eigenvalue weighted by Crippen LogP contribution is -2.34. The second-order valence-corrected chi connectivity index (χ2v) is 5.79. The van der Waals surface area contributed by atoms with Gasteiger partial charge in [-0.05, 0) is 18.1 Å². The molecule has 0 bridgehead atoms. The Morgan fingerprint density at radius 3 is 2.65 bits per heavy atom. The van der Waals surface area contributed by atoms with E-state index >= 15 is 0 Å². The molecule has 2 aromatic heterocycles. The molecule has 0 unspecified atom stereocenters. The summed E-state index contributed by atoms with van der Waals surface area (Å²) in [5.74, 6) is 1.79. The number of nitrogens with zero attached hydrogens (tertiary/aromatic N) is 3. The van der Waals surface area contributed by atoms with Gasteiger partial charge in [0, 0.05) is 20.2 Å². The van der Waals surface area contributed by atoms with Crippen LogP contribution in [0.15, 0.2) is 28.8 Å². The number of urea groups is 1. The number of hydrogen-bond donors (Lipinski definition) is 2. The highest BCUT2D eigenvalue weighted by Gasteiger charge is 2.09. The van der Waals surface area contributed by atoms with E-state index in [1.807, 2.05) is 57.1 Å². The summed E-state index contributed by atoms with van der Waals surface area (Å²) in [6, 6.07) is 7.29. The highest BCUT2D eigenvalue weighted by atomic mass is 16.5. The number of pyridine rings is 1.